The number of fused-ring (bicyclic) bond motifs is 1. The fraction of sp³-hybridized carbons (Fsp3) is 0.409. The number of aromatic amines is 1. The molecule has 154 valence electrons. The van der Waals surface area contributed by atoms with E-state index in [0.717, 1.165) is 22.7 Å². The number of nitrogens with zero attached hydrogens (tertiary/aromatic N) is 1. The van der Waals surface area contributed by atoms with E-state index in [2.05, 4.69) is 9.36 Å². The van der Waals surface area contributed by atoms with Crippen LogP contribution in [-0.2, 0) is 10.8 Å². The van der Waals surface area contributed by atoms with Gasteiger partial charge in [-0.25, -0.2) is 0 Å². The molecule has 4 N–H and O–H groups in total. The van der Waals surface area contributed by atoms with Crippen LogP contribution >= 0.6 is 11.5 Å². The standard InChI is InChI=1S/C22H27N3O3S/c1-10-15-18(27)16(19(23)28)17(24-20(15)29-25-10)11-8-14(26)13(22(5,6)7)9-12(11)21(2,3)4/h8-9,26H,1-7H3,(H2,23,28)(H,24,27). The van der Waals surface area contributed by atoms with E-state index in [-0.39, 0.29) is 22.1 Å². The average molecular weight is 414 g/mol. The first-order chi connectivity index (χ1) is 13.2. The van der Waals surface area contributed by atoms with Gasteiger partial charge < -0.3 is 15.8 Å². The van der Waals surface area contributed by atoms with Crippen molar-refractivity contribution in [3.05, 3.63) is 44.7 Å². The molecule has 0 saturated carbocycles. The van der Waals surface area contributed by atoms with Gasteiger partial charge in [0.15, 0.2) is 0 Å². The van der Waals surface area contributed by atoms with E-state index in [4.69, 9.17) is 5.73 Å². The molecule has 1 amide bonds. The predicted octanol–water partition coefficient (Wildman–Crippen LogP) is 4.36. The lowest BCUT2D eigenvalue weighted by Gasteiger charge is -2.28. The normalized spacial score (nSPS) is 12.5. The molecule has 7 heteroatoms. The van der Waals surface area contributed by atoms with Crippen molar-refractivity contribution in [2.75, 3.05) is 0 Å². The number of benzene rings is 1. The Morgan fingerprint density at radius 3 is 2.21 bits per heavy atom. The number of H-pyrrole nitrogens is 1. The highest BCUT2D eigenvalue weighted by Gasteiger charge is 2.29. The zero-order valence-electron chi connectivity index (χ0n) is 17.9. The zero-order valence-corrected chi connectivity index (χ0v) is 18.7. The number of rotatable bonds is 2. The van der Waals surface area contributed by atoms with Crippen LogP contribution in [0.1, 0.15) is 68.7 Å². The smallest absolute Gasteiger partial charge is 0.254 e. The van der Waals surface area contributed by atoms with Crippen LogP contribution in [0.5, 0.6) is 5.75 Å². The highest BCUT2D eigenvalue weighted by molar-refractivity contribution is 7.12. The summed E-state index contributed by atoms with van der Waals surface area (Å²) in [6, 6.07) is 3.58. The quantitative estimate of drug-likeness (QED) is 0.580. The Bertz CT molecular complexity index is 1190. The Kier molecular flexibility index (Phi) is 4.86. The highest BCUT2D eigenvalue weighted by Crippen LogP contribution is 2.41. The first-order valence-electron chi connectivity index (χ1n) is 9.44. The molecule has 3 aromatic rings. The number of nitrogens with one attached hydrogen (secondary N) is 1. The van der Waals surface area contributed by atoms with Gasteiger partial charge in [-0.2, -0.15) is 4.37 Å². The summed E-state index contributed by atoms with van der Waals surface area (Å²) in [5.41, 5.74) is 7.64. The lowest BCUT2D eigenvalue weighted by atomic mass is 9.77. The molecule has 0 spiro atoms. The number of hydrogen-bond acceptors (Lipinski definition) is 5. The molecule has 0 radical (unpaired) electrons. The number of carbonyl (C=O) groups excluding carboxylic acids is 1. The summed E-state index contributed by atoms with van der Waals surface area (Å²) in [5.74, 6) is -0.703. The molecular formula is C22H27N3O3S. The molecule has 3 rings (SSSR count). The first-order valence-corrected chi connectivity index (χ1v) is 10.2. The molecule has 6 nitrogen and oxygen atoms in total. The molecular weight excluding hydrogens is 386 g/mol. The van der Waals surface area contributed by atoms with Gasteiger partial charge in [-0.15, -0.1) is 0 Å². The van der Waals surface area contributed by atoms with Crippen LogP contribution in [-0.4, -0.2) is 20.4 Å². The zero-order chi connectivity index (χ0) is 21.9. The number of aryl methyl sites for hydroxylation is 1. The molecule has 0 aliphatic carbocycles. The highest BCUT2D eigenvalue weighted by atomic mass is 32.1. The Labute approximate surface area is 173 Å². The minimum absolute atomic E-state index is 0.109. The molecule has 0 atom stereocenters. The summed E-state index contributed by atoms with van der Waals surface area (Å²) < 4.78 is 4.24. The van der Waals surface area contributed by atoms with Crippen molar-refractivity contribution in [1.29, 1.82) is 0 Å². The number of aromatic nitrogens is 2. The monoisotopic (exact) mass is 413 g/mol. The number of amides is 1. The third kappa shape index (κ3) is 3.55. The Hall–Kier alpha value is -2.67. The number of pyridine rings is 1. The molecule has 0 bridgehead atoms. The summed E-state index contributed by atoms with van der Waals surface area (Å²) >= 11 is 1.16. The summed E-state index contributed by atoms with van der Waals surface area (Å²) in [7, 11) is 0. The summed E-state index contributed by atoms with van der Waals surface area (Å²) in [4.78, 5) is 29.2. The second-order valence-corrected chi connectivity index (χ2v) is 10.2. The number of nitrogens with two attached hydrogens (primary N) is 1. The number of hydrogen-bond donors (Lipinski definition) is 3. The van der Waals surface area contributed by atoms with Crippen LogP contribution in [0, 0.1) is 6.92 Å². The fourth-order valence-corrected chi connectivity index (χ4v) is 4.39. The predicted molar refractivity (Wildman–Crippen MR) is 118 cm³/mol. The number of carbonyl (C=O) groups is 1. The number of primary amides is 1. The molecule has 0 aliphatic heterocycles. The van der Waals surface area contributed by atoms with Crippen LogP contribution in [0.3, 0.4) is 0 Å². The maximum absolute atomic E-state index is 13.1. The van der Waals surface area contributed by atoms with Crippen molar-refractivity contribution >= 4 is 27.7 Å². The lowest BCUT2D eigenvalue weighted by molar-refractivity contribution is 0.1000. The van der Waals surface area contributed by atoms with Gasteiger partial charge in [0.2, 0.25) is 5.43 Å². The molecule has 0 saturated heterocycles. The Morgan fingerprint density at radius 1 is 1.10 bits per heavy atom. The average Bonchev–Trinajstić information content (AvgIpc) is 2.93. The van der Waals surface area contributed by atoms with E-state index < -0.39 is 11.3 Å². The lowest BCUT2D eigenvalue weighted by Crippen LogP contribution is -2.25. The second-order valence-electron chi connectivity index (χ2n) is 9.46. The largest absolute Gasteiger partial charge is 0.508 e. The SMILES string of the molecule is Cc1nsc2[nH]c(-c3cc(O)c(C(C)(C)C)cc3C(C)(C)C)c(C(N)=O)c(=O)c12. The van der Waals surface area contributed by atoms with E-state index in [1.807, 2.05) is 47.6 Å². The van der Waals surface area contributed by atoms with Gasteiger partial charge in [-0.1, -0.05) is 47.6 Å². The van der Waals surface area contributed by atoms with Crippen molar-refractivity contribution in [3.63, 3.8) is 0 Å². The van der Waals surface area contributed by atoms with Gasteiger partial charge in [0.1, 0.15) is 16.1 Å². The summed E-state index contributed by atoms with van der Waals surface area (Å²) in [6.45, 7) is 13.9. The molecule has 29 heavy (non-hydrogen) atoms. The molecule has 0 aliphatic rings. The molecule has 2 heterocycles. The summed E-state index contributed by atoms with van der Waals surface area (Å²) in [5, 5.41) is 11.2. The van der Waals surface area contributed by atoms with E-state index in [0.29, 0.717) is 27.2 Å². The topological polar surface area (TPSA) is 109 Å². The molecule has 1 aromatic carbocycles. The van der Waals surface area contributed by atoms with Crippen molar-refractivity contribution < 1.29 is 9.90 Å². The van der Waals surface area contributed by atoms with Crippen molar-refractivity contribution in [2.45, 2.75) is 59.3 Å². The fourth-order valence-electron chi connectivity index (χ4n) is 3.59. The van der Waals surface area contributed by atoms with E-state index in [1.165, 1.54) is 0 Å². The van der Waals surface area contributed by atoms with Crippen molar-refractivity contribution in [2.24, 2.45) is 5.73 Å². The van der Waals surface area contributed by atoms with Crippen LogP contribution in [0.2, 0.25) is 0 Å². The van der Waals surface area contributed by atoms with Gasteiger partial charge in [-0.3, -0.25) is 9.59 Å². The number of aromatic hydroxyl groups is 1. The molecule has 2 aromatic heterocycles. The third-order valence-electron chi connectivity index (χ3n) is 5.07. The third-order valence-corrected chi connectivity index (χ3v) is 5.93. The van der Waals surface area contributed by atoms with Crippen molar-refractivity contribution in [1.82, 2.24) is 9.36 Å². The first kappa shape index (κ1) is 21.0. The number of phenols is 1. The van der Waals surface area contributed by atoms with Crippen molar-refractivity contribution in [3.8, 4) is 17.0 Å². The maximum Gasteiger partial charge on any atom is 0.254 e. The van der Waals surface area contributed by atoms with Gasteiger partial charge in [0, 0.05) is 5.56 Å². The van der Waals surface area contributed by atoms with E-state index in [1.54, 1.807) is 13.0 Å². The second kappa shape index (κ2) is 6.69. The van der Waals surface area contributed by atoms with E-state index in [9.17, 15) is 14.7 Å². The Balaban J connectivity index is 2.50. The van der Waals surface area contributed by atoms with Gasteiger partial charge in [-0.05, 0) is 46.5 Å². The van der Waals surface area contributed by atoms with Gasteiger partial charge in [0.25, 0.3) is 5.91 Å². The van der Waals surface area contributed by atoms with Crippen LogP contribution in [0.15, 0.2) is 16.9 Å². The molecule has 0 fully saturated rings. The van der Waals surface area contributed by atoms with Crippen LogP contribution < -0.4 is 11.2 Å². The van der Waals surface area contributed by atoms with Gasteiger partial charge in [0.05, 0.1) is 16.8 Å². The Morgan fingerprint density at radius 2 is 1.69 bits per heavy atom. The minimum atomic E-state index is -0.812. The number of phenolic OH excluding ortho intramolecular Hbond substituents is 1. The summed E-state index contributed by atoms with van der Waals surface area (Å²) in [6.07, 6.45) is 0. The van der Waals surface area contributed by atoms with Crippen LogP contribution in [0.25, 0.3) is 21.5 Å². The molecule has 0 unspecified atom stereocenters. The van der Waals surface area contributed by atoms with Gasteiger partial charge >= 0.3 is 0 Å². The van der Waals surface area contributed by atoms with Crippen LogP contribution in [0.4, 0.5) is 0 Å². The maximum atomic E-state index is 13.1. The van der Waals surface area contributed by atoms with E-state index >= 15 is 0 Å². The minimum Gasteiger partial charge on any atom is -0.508 e.